The summed E-state index contributed by atoms with van der Waals surface area (Å²) in [4.78, 5) is 45.3. The summed E-state index contributed by atoms with van der Waals surface area (Å²) >= 11 is 0. The van der Waals surface area contributed by atoms with Gasteiger partial charge in [0, 0.05) is 50.5 Å². The molecule has 3 N–H and O–H groups in total. The molecule has 0 aliphatic carbocycles. The number of alkyl halides is 3. The number of amides is 4. The number of halogens is 3. The largest absolute Gasteiger partial charge is 0.490 e. The number of nitrogens with zero attached hydrogens (tertiary/aromatic N) is 3. The summed E-state index contributed by atoms with van der Waals surface area (Å²) in [6.07, 6.45) is -1.72. The van der Waals surface area contributed by atoms with Crippen LogP contribution in [0.2, 0.25) is 0 Å². The van der Waals surface area contributed by atoms with Crippen molar-refractivity contribution in [2.24, 2.45) is 5.92 Å². The molecule has 50 heavy (non-hydrogen) atoms. The second kappa shape index (κ2) is 18.9. The van der Waals surface area contributed by atoms with Gasteiger partial charge in [0.05, 0.1) is 36.0 Å². The molecule has 0 aromatic heterocycles. The van der Waals surface area contributed by atoms with E-state index in [1.54, 1.807) is 35.9 Å². The molecular formula is C36H52F3N5O6. The summed E-state index contributed by atoms with van der Waals surface area (Å²) in [6, 6.07) is 7.38. The first-order valence-electron chi connectivity index (χ1n) is 17.1. The molecule has 0 saturated heterocycles. The van der Waals surface area contributed by atoms with Crippen LogP contribution in [0.5, 0.6) is 5.75 Å². The standard InChI is InChI=1S/C36H52F3N5O6/c1-24-21-44(25(2)23-45)34(47)30-20-29(41-35(48)40-28-14-12-27(13-15-28)36(37,38)39)16-17-31(30)50-26(3)10-7-8-19-49-32(24)22-43(6)33(46)11-9-18-42(4)5/h12-17,20,24-26,32,45H,7-11,18-19,21-23H2,1-6H3,(H2,40,41,48)/t24-,25-,26+,32-/m1/s1. The van der Waals surface area contributed by atoms with Crippen LogP contribution in [-0.4, -0.2) is 110 Å². The normalized spacial score (nSPS) is 19.9. The second-order valence-electron chi connectivity index (χ2n) is 13.3. The molecule has 1 aliphatic heterocycles. The molecule has 14 heteroatoms. The maximum absolute atomic E-state index is 14.3. The molecule has 0 saturated carbocycles. The van der Waals surface area contributed by atoms with Gasteiger partial charge < -0.3 is 39.9 Å². The zero-order valence-electron chi connectivity index (χ0n) is 29.9. The van der Waals surface area contributed by atoms with Crippen LogP contribution in [0.3, 0.4) is 0 Å². The summed E-state index contributed by atoms with van der Waals surface area (Å²) in [5.74, 6) is -0.337. The van der Waals surface area contributed by atoms with E-state index < -0.39 is 29.7 Å². The van der Waals surface area contributed by atoms with Gasteiger partial charge in [-0.25, -0.2) is 4.79 Å². The first kappa shape index (κ1) is 40.5. The number of aliphatic hydroxyl groups is 1. The van der Waals surface area contributed by atoms with Crippen LogP contribution in [0.25, 0.3) is 0 Å². The van der Waals surface area contributed by atoms with E-state index in [1.807, 2.05) is 32.8 Å². The third kappa shape index (κ3) is 12.5. The fourth-order valence-corrected chi connectivity index (χ4v) is 5.61. The maximum Gasteiger partial charge on any atom is 0.416 e. The smallest absolute Gasteiger partial charge is 0.416 e. The Kier molecular flexibility index (Phi) is 15.3. The fourth-order valence-electron chi connectivity index (χ4n) is 5.61. The molecule has 4 amide bonds. The van der Waals surface area contributed by atoms with E-state index in [4.69, 9.17) is 9.47 Å². The average Bonchev–Trinajstić information content (AvgIpc) is 3.05. The lowest BCUT2D eigenvalue weighted by atomic mass is 10.0. The molecule has 0 radical (unpaired) electrons. The van der Waals surface area contributed by atoms with Crippen LogP contribution in [0, 0.1) is 5.92 Å². The van der Waals surface area contributed by atoms with Crippen LogP contribution in [0.4, 0.5) is 29.3 Å². The van der Waals surface area contributed by atoms with Gasteiger partial charge in [-0.1, -0.05) is 6.92 Å². The Morgan fingerprint density at radius 3 is 2.34 bits per heavy atom. The van der Waals surface area contributed by atoms with Crippen LogP contribution < -0.4 is 15.4 Å². The highest BCUT2D eigenvalue weighted by Crippen LogP contribution is 2.31. The van der Waals surface area contributed by atoms with Crippen molar-refractivity contribution in [1.82, 2.24) is 14.7 Å². The molecule has 278 valence electrons. The predicted octanol–water partition coefficient (Wildman–Crippen LogP) is 5.95. The van der Waals surface area contributed by atoms with Gasteiger partial charge in [-0.05, 0) is 103 Å². The molecule has 0 spiro atoms. The number of likely N-dealkylation sites (N-methyl/N-ethyl adjacent to an activating group) is 1. The Balaban J connectivity index is 1.86. The molecule has 0 fully saturated rings. The van der Waals surface area contributed by atoms with Gasteiger partial charge in [-0.3, -0.25) is 9.59 Å². The van der Waals surface area contributed by atoms with E-state index >= 15 is 0 Å². The number of hydrogen-bond acceptors (Lipinski definition) is 7. The lowest BCUT2D eigenvalue weighted by Crippen LogP contribution is -2.48. The molecule has 3 rings (SSSR count). The van der Waals surface area contributed by atoms with Crippen molar-refractivity contribution in [3.05, 3.63) is 53.6 Å². The predicted molar refractivity (Wildman–Crippen MR) is 186 cm³/mol. The number of carbonyl (C=O) groups excluding carboxylic acids is 3. The number of aliphatic hydroxyl groups excluding tert-OH is 1. The summed E-state index contributed by atoms with van der Waals surface area (Å²) in [5, 5.41) is 15.3. The minimum atomic E-state index is -4.50. The third-order valence-corrected chi connectivity index (χ3v) is 8.66. The highest BCUT2D eigenvalue weighted by atomic mass is 19.4. The molecular weight excluding hydrogens is 655 g/mol. The van der Waals surface area contributed by atoms with E-state index in [0.29, 0.717) is 31.7 Å². The Morgan fingerprint density at radius 1 is 1.04 bits per heavy atom. The number of ether oxygens (including phenoxy) is 2. The van der Waals surface area contributed by atoms with Crippen molar-refractivity contribution in [3.63, 3.8) is 0 Å². The average molecular weight is 708 g/mol. The first-order chi connectivity index (χ1) is 23.6. The first-order valence-corrected chi connectivity index (χ1v) is 17.1. The van der Waals surface area contributed by atoms with Gasteiger partial charge in [-0.2, -0.15) is 13.2 Å². The van der Waals surface area contributed by atoms with Crippen LogP contribution in [-0.2, 0) is 15.7 Å². The van der Waals surface area contributed by atoms with Gasteiger partial charge in [0.1, 0.15) is 5.75 Å². The maximum atomic E-state index is 14.3. The third-order valence-electron chi connectivity index (χ3n) is 8.66. The van der Waals surface area contributed by atoms with Gasteiger partial charge in [0.15, 0.2) is 0 Å². The van der Waals surface area contributed by atoms with Crippen LogP contribution in [0.15, 0.2) is 42.5 Å². The molecule has 0 unspecified atom stereocenters. The fraction of sp³-hybridized carbons (Fsp3) is 0.583. The van der Waals surface area contributed by atoms with E-state index in [0.717, 1.165) is 50.1 Å². The highest BCUT2D eigenvalue weighted by Gasteiger charge is 2.32. The minimum Gasteiger partial charge on any atom is -0.490 e. The van der Waals surface area contributed by atoms with Crippen molar-refractivity contribution in [3.8, 4) is 5.75 Å². The zero-order chi connectivity index (χ0) is 37.0. The van der Waals surface area contributed by atoms with Crippen LogP contribution in [0.1, 0.15) is 68.8 Å². The summed E-state index contributed by atoms with van der Waals surface area (Å²) < 4.78 is 51.4. The summed E-state index contributed by atoms with van der Waals surface area (Å²) in [6.45, 7) is 7.10. The van der Waals surface area contributed by atoms with E-state index in [9.17, 15) is 32.7 Å². The molecule has 2 aromatic carbocycles. The number of anilines is 2. The molecule has 4 atom stereocenters. The Bertz CT molecular complexity index is 1410. The van der Waals surface area contributed by atoms with Crippen molar-refractivity contribution in [1.29, 1.82) is 0 Å². The summed E-state index contributed by atoms with van der Waals surface area (Å²) in [5.41, 5.74) is -0.275. The SMILES string of the molecule is C[C@@H]1CN([C@H](C)CO)C(=O)c2cc(NC(=O)Nc3ccc(C(F)(F)F)cc3)ccc2O[C@@H](C)CCCCO[C@@H]1CN(C)C(=O)CCCN(C)C. The number of rotatable bonds is 10. The topological polar surface area (TPSA) is 124 Å². The molecule has 11 nitrogen and oxygen atoms in total. The Morgan fingerprint density at radius 2 is 1.70 bits per heavy atom. The van der Waals surface area contributed by atoms with Gasteiger partial charge in [0.2, 0.25) is 5.91 Å². The van der Waals surface area contributed by atoms with E-state index in [1.165, 1.54) is 6.07 Å². The summed E-state index contributed by atoms with van der Waals surface area (Å²) in [7, 11) is 5.69. The van der Waals surface area contributed by atoms with Crippen molar-refractivity contribution in [2.45, 2.75) is 77.3 Å². The van der Waals surface area contributed by atoms with Crippen molar-refractivity contribution < 1.29 is 42.1 Å². The van der Waals surface area contributed by atoms with Crippen molar-refractivity contribution >= 4 is 29.2 Å². The molecule has 1 heterocycles. The second-order valence-corrected chi connectivity index (χ2v) is 13.3. The van der Waals surface area contributed by atoms with Gasteiger partial charge >= 0.3 is 12.2 Å². The lowest BCUT2D eigenvalue weighted by molar-refractivity contribution is -0.137. The van der Waals surface area contributed by atoms with Crippen molar-refractivity contribution in [2.75, 3.05) is 64.6 Å². The minimum absolute atomic E-state index is 0.0148. The molecule has 0 bridgehead atoms. The number of benzene rings is 2. The highest BCUT2D eigenvalue weighted by molar-refractivity contribution is 6.02. The monoisotopic (exact) mass is 707 g/mol. The number of nitrogens with one attached hydrogen (secondary N) is 2. The van der Waals surface area contributed by atoms with E-state index in [2.05, 4.69) is 10.6 Å². The van der Waals surface area contributed by atoms with Gasteiger partial charge in [0.25, 0.3) is 5.91 Å². The van der Waals surface area contributed by atoms with Crippen LogP contribution >= 0.6 is 0 Å². The molecule has 1 aliphatic rings. The number of urea groups is 1. The quantitative estimate of drug-likeness (QED) is 0.279. The number of fused-ring (bicyclic) bond motifs is 1. The lowest BCUT2D eigenvalue weighted by Gasteiger charge is -2.36. The number of carbonyl (C=O) groups is 3. The van der Waals surface area contributed by atoms with Gasteiger partial charge in [-0.15, -0.1) is 0 Å². The molecule has 2 aromatic rings. The van der Waals surface area contributed by atoms with E-state index in [-0.39, 0.29) is 54.1 Å². The number of hydrogen-bond donors (Lipinski definition) is 3. The Labute approximate surface area is 293 Å². The zero-order valence-corrected chi connectivity index (χ0v) is 29.9. The Hall–Kier alpha value is -3.88.